The fraction of sp³-hybridized carbons (Fsp3) is 0.467. The van der Waals surface area contributed by atoms with E-state index in [1.54, 1.807) is 19.2 Å². The van der Waals surface area contributed by atoms with Crippen molar-refractivity contribution in [2.45, 2.75) is 25.9 Å². The first kappa shape index (κ1) is 16.2. The molecule has 0 aromatic heterocycles. The number of carbonyl (C=O) groups excluding carboxylic acids is 1. The van der Waals surface area contributed by atoms with Crippen LogP contribution in [0.2, 0.25) is 0 Å². The summed E-state index contributed by atoms with van der Waals surface area (Å²) in [6, 6.07) is 9.45. The van der Waals surface area contributed by atoms with Gasteiger partial charge in [0.1, 0.15) is 0 Å². The van der Waals surface area contributed by atoms with Crippen molar-refractivity contribution in [2.24, 2.45) is 0 Å². The minimum atomic E-state index is -0.0601. The van der Waals surface area contributed by atoms with Crippen molar-refractivity contribution in [3.63, 3.8) is 0 Å². The van der Waals surface area contributed by atoms with Crippen molar-refractivity contribution in [3.05, 3.63) is 35.4 Å². The van der Waals surface area contributed by atoms with Gasteiger partial charge in [0.15, 0.2) is 0 Å². The van der Waals surface area contributed by atoms with Crippen LogP contribution in [0.3, 0.4) is 0 Å². The van der Waals surface area contributed by atoms with Gasteiger partial charge in [-0.25, -0.2) is 0 Å². The van der Waals surface area contributed by atoms with Crippen molar-refractivity contribution in [1.29, 1.82) is 5.26 Å². The highest BCUT2D eigenvalue weighted by atomic mass is 16.5. The van der Waals surface area contributed by atoms with Crippen molar-refractivity contribution in [2.75, 3.05) is 20.3 Å². The van der Waals surface area contributed by atoms with Crippen molar-refractivity contribution < 1.29 is 9.53 Å². The van der Waals surface area contributed by atoms with E-state index in [1.165, 1.54) is 0 Å². The molecule has 5 nitrogen and oxygen atoms in total. The minimum absolute atomic E-state index is 0.000446. The van der Waals surface area contributed by atoms with Crippen molar-refractivity contribution >= 4 is 5.91 Å². The molecule has 0 saturated carbocycles. The Hall–Kier alpha value is -1.90. The van der Waals surface area contributed by atoms with E-state index in [-0.39, 0.29) is 24.5 Å². The van der Waals surface area contributed by atoms with Gasteiger partial charge in [0.25, 0.3) is 0 Å². The Bertz CT molecular complexity index is 465. The summed E-state index contributed by atoms with van der Waals surface area (Å²) in [5.41, 5.74) is 1.67. The van der Waals surface area contributed by atoms with Gasteiger partial charge in [0.05, 0.1) is 24.8 Å². The molecule has 1 aromatic carbocycles. The molecule has 1 amide bonds. The average Bonchev–Trinajstić information content (AvgIpc) is 2.45. The zero-order valence-corrected chi connectivity index (χ0v) is 12.1. The van der Waals surface area contributed by atoms with Crippen LogP contribution >= 0.6 is 0 Å². The molecule has 0 fully saturated rings. The summed E-state index contributed by atoms with van der Waals surface area (Å²) in [6.07, 6.45) is 0. The Labute approximate surface area is 119 Å². The van der Waals surface area contributed by atoms with Gasteiger partial charge in [-0.05, 0) is 31.5 Å². The molecule has 1 aromatic rings. The highest BCUT2D eigenvalue weighted by Gasteiger charge is 2.10. The molecule has 0 saturated heterocycles. The first-order chi connectivity index (χ1) is 9.56. The summed E-state index contributed by atoms with van der Waals surface area (Å²) in [5, 5.41) is 14.7. The topological polar surface area (TPSA) is 74.2 Å². The van der Waals surface area contributed by atoms with E-state index in [4.69, 9.17) is 10.00 Å². The number of nitrogens with one attached hydrogen (secondary N) is 2. The number of nitrogens with zero attached hydrogens (tertiary/aromatic N) is 1. The monoisotopic (exact) mass is 275 g/mol. The molecule has 0 radical (unpaired) electrons. The second-order valence-electron chi connectivity index (χ2n) is 4.76. The van der Waals surface area contributed by atoms with Crippen LogP contribution in [0.4, 0.5) is 0 Å². The van der Waals surface area contributed by atoms with Gasteiger partial charge < -0.3 is 15.4 Å². The van der Waals surface area contributed by atoms with E-state index < -0.39 is 0 Å². The molecule has 5 heteroatoms. The fourth-order valence-corrected chi connectivity index (χ4v) is 1.83. The molecule has 0 aliphatic carbocycles. The summed E-state index contributed by atoms with van der Waals surface area (Å²) >= 11 is 0. The highest BCUT2D eigenvalue weighted by Crippen LogP contribution is 2.12. The fourth-order valence-electron chi connectivity index (χ4n) is 1.83. The Morgan fingerprint density at radius 1 is 1.35 bits per heavy atom. The maximum atomic E-state index is 11.7. The SMILES string of the molecule is COCC(C)NC(=O)CNC(C)c1ccc(C#N)cc1. The number of hydrogen-bond acceptors (Lipinski definition) is 4. The molecule has 1 rings (SSSR count). The van der Waals surface area contributed by atoms with Gasteiger partial charge in [-0.1, -0.05) is 12.1 Å². The van der Waals surface area contributed by atoms with E-state index >= 15 is 0 Å². The van der Waals surface area contributed by atoms with Gasteiger partial charge in [0.2, 0.25) is 5.91 Å². The minimum Gasteiger partial charge on any atom is -0.383 e. The first-order valence-electron chi connectivity index (χ1n) is 6.58. The number of carbonyl (C=O) groups is 1. The van der Waals surface area contributed by atoms with E-state index in [1.807, 2.05) is 26.0 Å². The van der Waals surface area contributed by atoms with Crippen molar-refractivity contribution in [3.8, 4) is 6.07 Å². The quantitative estimate of drug-likeness (QED) is 0.788. The Kier molecular flexibility index (Phi) is 6.71. The summed E-state index contributed by atoms with van der Waals surface area (Å²) < 4.78 is 4.96. The van der Waals surface area contributed by atoms with Crippen LogP contribution in [0, 0.1) is 11.3 Å². The molecule has 0 aliphatic heterocycles. The molecular formula is C15H21N3O2. The molecule has 0 heterocycles. The van der Waals surface area contributed by atoms with Gasteiger partial charge in [-0.2, -0.15) is 5.26 Å². The Balaban J connectivity index is 2.40. The molecule has 0 spiro atoms. The number of amides is 1. The predicted molar refractivity (Wildman–Crippen MR) is 77.1 cm³/mol. The van der Waals surface area contributed by atoms with Gasteiger partial charge in [-0.3, -0.25) is 4.79 Å². The highest BCUT2D eigenvalue weighted by molar-refractivity contribution is 5.78. The van der Waals surface area contributed by atoms with Crippen LogP contribution in [0.15, 0.2) is 24.3 Å². The van der Waals surface area contributed by atoms with Crippen LogP contribution < -0.4 is 10.6 Å². The van der Waals surface area contributed by atoms with Crippen LogP contribution in [0.5, 0.6) is 0 Å². The van der Waals surface area contributed by atoms with E-state index in [9.17, 15) is 4.79 Å². The summed E-state index contributed by atoms with van der Waals surface area (Å²) in [5.74, 6) is -0.0601. The lowest BCUT2D eigenvalue weighted by atomic mass is 10.1. The van der Waals surface area contributed by atoms with Gasteiger partial charge >= 0.3 is 0 Å². The number of ether oxygens (including phenoxy) is 1. The Morgan fingerprint density at radius 3 is 2.55 bits per heavy atom. The standard InChI is InChI=1S/C15H21N3O2/c1-11(10-20-3)18-15(19)9-17-12(2)14-6-4-13(8-16)5-7-14/h4-7,11-12,17H,9-10H2,1-3H3,(H,18,19). The summed E-state index contributed by atoms with van der Waals surface area (Å²) in [4.78, 5) is 11.7. The number of rotatable bonds is 7. The average molecular weight is 275 g/mol. The zero-order valence-electron chi connectivity index (χ0n) is 12.1. The van der Waals surface area contributed by atoms with Crippen LogP contribution in [0.25, 0.3) is 0 Å². The number of nitriles is 1. The number of benzene rings is 1. The smallest absolute Gasteiger partial charge is 0.234 e. The molecule has 2 N–H and O–H groups in total. The van der Waals surface area contributed by atoms with Gasteiger partial charge in [-0.15, -0.1) is 0 Å². The molecule has 0 bridgehead atoms. The van der Waals surface area contributed by atoms with E-state index in [0.717, 1.165) is 5.56 Å². The van der Waals surface area contributed by atoms with E-state index in [2.05, 4.69) is 16.7 Å². The Morgan fingerprint density at radius 2 is 2.00 bits per heavy atom. The van der Waals surface area contributed by atoms with Gasteiger partial charge in [0, 0.05) is 19.2 Å². The molecule has 2 atom stereocenters. The summed E-state index contributed by atoms with van der Waals surface area (Å²) in [6.45, 7) is 4.62. The molecule has 0 aliphatic rings. The molecule has 20 heavy (non-hydrogen) atoms. The van der Waals surface area contributed by atoms with Crippen molar-refractivity contribution in [1.82, 2.24) is 10.6 Å². The van der Waals surface area contributed by atoms with Crippen LogP contribution in [-0.2, 0) is 9.53 Å². The number of methoxy groups -OCH3 is 1. The van der Waals surface area contributed by atoms with E-state index in [0.29, 0.717) is 12.2 Å². The lowest BCUT2D eigenvalue weighted by Crippen LogP contribution is -2.41. The third kappa shape index (κ3) is 5.39. The van der Waals surface area contributed by atoms with Crippen LogP contribution in [-0.4, -0.2) is 32.2 Å². The lowest BCUT2D eigenvalue weighted by Gasteiger charge is -2.16. The normalized spacial score (nSPS) is 13.3. The number of hydrogen-bond donors (Lipinski definition) is 2. The zero-order chi connectivity index (χ0) is 15.0. The maximum absolute atomic E-state index is 11.7. The molecule has 108 valence electrons. The molecular weight excluding hydrogens is 254 g/mol. The van der Waals surface area contributed by atoms with Crippen LogP contribution in [0.1, 0.15) is 31.0 Å². The predicted octanol–water partition coefficient (Wildman–Crippen LogP) is 1.36. The summed E-state index contributed by atoms with van der Waals surface area (Å²) in [7, 11) is 1.61. The second kappa shape index (κ2) is 8.31. The lowest BCUT2D eigenvalue weighted by molar-refractivity contribution is -0.121. The third-order valence-electron chi connectivity index (χ3n) is 2.93. The first-order valence-corrected chi connectivity index (χ1v) is 6.58. The third-order valence-corrected chi connectivity index (χ3v) is 2.93. The molecule has 2 unspecified atom stereocenters. The maximum Gasteiger partial charge on any atom is 0.234 e. The second-order valence-corrected chi connectivity index (χ2v) is 4.76. The largest absolute Gasteiger partial charge is 0.383 e.